The van der Waals surface area contributed by atoms with Crippen LogP contribution < -0.4 is 10.6 Å². The van der Waals surface area contributed by atoms with Crippen molar-refractivity contribution in [2.45, 2.75) is 6.42 Å². The quantitative estimate of drug-likeness (QED) is 0.723. The number of benzene rings is 1. The molecule has 0 aromatic heterocycles. The molecule has 0 bridgehead atoms. The van der Waals surface area contributed by atoms with Crippen LogP contribution in [-0.2, 0) is 9.47 Å². The molecule has 0 heterocycles. The summed E-state index contributed by atoms with van der Waals surface area (Å²) in [5.41, 5.74) is 0.591. The van der Waals surface area contributed by atoms with Gasteiger partial charge in [0.05, 0.1) is 23.3 Å². The summed E-state index contributed by atoms with van der Waals surface area (Å²) < 4.78 is 10.1. The molecule has 112 valence electrons. The van der Waals surface area contributed by atoms with Crippen LogP contribution in [0.3, 0.4) is 0 Å². The molecule has 7 heteroatoms. The van der Waals surface area contributed by atoms with Gasteiger partial charge in [-0.05, 0) is 24.6 Å². The third-order valence-electron chi connectivity index (χ3n) is 2.36. The largest absolute Gasteiger partial charge is 0.382 e. The van der Waals surface area contributed by atoms with Crippen molar-refractivity contribution >= 4 is 34.9 Å². The number of anilines is 1. The molecule has 20 heavy (non-hydrogen) atoms. The van der Waals surface area contributed by atoms with Crippen molar-refractivity contribution < 1.29 is 14.3 Å². The van der Waals surface area contributed by atoms with E-state index in [0.29, 0.717) is 42.1 Å². The van der Waals surface area contributed by atoms with E-state index in [4.69, 9.17) is 32.7 Å². The van der Waals surface area contributed by atoms with E-state index >= 15 is 0 Å². The molecule has 2 amide bonds. The number of amides is 2. The van der Waals surface area contributed by atoms with E-state index in [-0.39, 0.29) is 6.03 Å². The van der Waals surface area contributed by atoms with Gasteiger partial charge in [-0.25, -0.2) is 4.79 Å². The molecule has 0 aliphatic rings. The molecule has 0 unspecified atom stereocenters. The lowest BCUT2D eigenvalue weighted by Crippen LogP contribution is -2.30. The van der Waals surface area contributed by atoms with Crippen molar-refractivity contribution in [1.29, 1.82) is 0 Å². The zero-order valence-corrected chi connectivity index (χ0v) is 12.8. The van der Waals surface area contributed by atoms with Crippen LogP contribution in [-0.4, -0.2) is 39.5 Å². The van der Waals surface area contributed by atoms with E-state index in [9.17, 15) is 4.79 Å². The smallest absolute Gasteiger partial charge is 0.319 e. The Balaban J connectivity index is 2.15. The summed E-state index contributed by atoms with van der Waals surface area (Å²) in [6.45, 7) is 2.24. The summed E-state index contributed by atoms with van der Waals surface area (Å²) in [5, 5.41) is 6.23. The summed E-state index contributed by atoms with van der Waals surface area (Å²) in [7, 11) is 1.62. The first kappa shape index (κ1) is 17.0. The predicted molar refractivity (Wildman–Crippen MR) is 80.8 cm³/mol. The molecule has 1 aromatic rings. The second-order valence-corrected chi connectivity index (χ2v) is 4.78. The minimum atomic E-state index is -0.291. The fraction of sp³-hybridized carbons (Fsp3) is 0.462. The van der Waals surface area contributed by atoms with E-state index in [1.54, 1.807) is 25.3 Å². The van der Waals surface area contributed by atoms with Gasteiger partial charge in [-0.1, -0.05) is 23.2 Å². The van der Waals surface area contributed by atoms with E-state index in [0.717, 1.165) is 6.42 Å². The lowest BCUT2D eigenvalue weighted by atomic mass is 10.3. The highest BCUT2D eigenvalue weighted by atomic mass is 35.5. The van der Waals surface area contributed by atoms with Crippen LogP contribution >= 0.6 is 23.2 Å². The van der Waals surface area contributed by atoms with Gasteiger partial charge in [-0.3, -0.25) is 0 Å². The molecule has 0 spiro atoms. The van der Waals surface area contributed by atoms with Gasteiger partial charge in [-0.15, -0.1) is 0 Å². The van der Waals surface area contributed by atoms with E-state index < -0.39 is 0 Å². The first-order valence-electron chi connectivity index (χ1n) is 6.20. The standard InChI is InChI=1S/C13H18Cl2N2O3/c1-19-7-8-20-6-2-5-16-13(18)17-10-3-4-11(14)12(15)9-10/h3-4,9H,2,5-8H2,1H3,(H2,16,17,18). The van der Waals surface area contributed by atoms with E-state index in [2.05, 4.69) is 10.6 Å². The summed E-state index contributed by atoms with van der Waals surface area (Å²) in [4.78, 5) is 11.6. The number of urea groups is 1. The molecule has 5 nitrogen and oxygen atoms in total. The molecule has 0 aliphatic heterocycles. The number of halogens is 2. The van der Waals surface area contributed by atoms with Crippen molar-refractivity contribution in [3.63, 3.8) is 0 Å². The van der Waals surface area contributed by atoms with Gasteiger partial charge in [0.1, 0.15) is 0 Å². The van der Waals surface area contributed by atoms with Gasteiger partial charge in [0, 0.05) is 25.9 Å². The highest BCUT2D eigenvalue weighted by Crippen LogP contribution is 2.24. The fourth-order valence-corrected chi connectivity index (χ4v) is 1.67. The summed E-state index contributed by atoms with van der Waals surface area (Å²) >= 11 is 11.6. The van der Waals surface area contributed by atoms with Crippen molar-refractivity contribution in [1.82, 2.24) is 5.32 Å². The maximum Gasteiger partial charge on any atom is 0.319 e. The van der Waals surface area contributed by atoms with Crippen LogP contribution in [0.5, 0.6) is 0 Å². The highest BCUT2D eigenvalue weighted by molar-refractivity contribution is 6.42. The number of carbonyl (C=O) groups excluding carboxylic acids is 1. The van der Waals surface area contributed by atoms with Crippen molar-refractivity contribution in [3.05, 3.63) is 28.2 Å². The topological polar surface area (TPSA) is 59.6 Å². The van der Waals surface area contributed by atoms with Crippen LogP contribution in [0, 0.1) is 0 Å². The Morgan fingerprint density at radius 2 is 2.00 bits per heavy atom. The minimum absolute atomic E-state index is 0.291. The van der Waals surface area contributed by atoms with Gasteiger partial charge >= 0.3 is 6.03 Å². The van der Waals surface area contributed by atoms with Gasteiger partial charge in [-0.2, -0.15) is 0 Å². The molecule has 0 aliphatic carbocycles. The molecular formula is C13H18Cl2N2O3. The summed E-state index contributed by atoms with van der Waals surface area (Å²) in [5.74, 6) is 0. The Bertz CT molecular complexity index is 430. The number of methoxy groups -OCH3 is 1. The minimum Gasteiger partial charge on any atom is -0.382 e. The first-order chi connectivity index (χ1) is 9.63. The maximum absolute atomic E-state index is 11.6. The molecule has 1 aromatic carbocycles. The maximum atomic E-state index is 11.6. The zero-order valence-electron chi connectivity index (χ0n) is 11.2. The Hall–Kier alpha value is -1.01. The number of carbonyl (C=O) groups is 1. The number of hydrogen-bond donors (Lipinski definition) is 2. The average molecular weight is 321 g/mol. The van der Waals surface area contributed by atoms with Crippen LogP contribution in [0.2, 0.25) is 10.0 Å². The Labute approximate surface area is 128 Å². The predicted octanol–water partition coefficient (Wildman–Crippen LogP) is 3.17. The van der Waals surface area contributed by atoms with E-state index in [1.807, 2.05) is 0 Å². The van der Waals surface area contributed by atoms with Gasteiger partial charge in [0.25, 0.3) is 0 Å². The Morgan fingerprint density at radius 1 is 1.20 bits per heavy atom. The molecule has 0 atom stereocenters. The van der Waals surface area contributed by atoms with Crippen molar-refractivity contribution in [2.75, 3.05) is 38.8 Å². The second-order valence-electron chi connectivity index (χ2n) is 3.97. The molecule has 0 radical (unpaired) electrons. The SMILES string of the molecule is COCCOCCCNC(=O)Nc1ccc(Cl)c(Cl)c1. The van der Waals surface area contributed by atoms with Crippen LogP contribution in [0.1, 0.15) is 6.42 Å². The Morgan fingerprint density at radius 3 is 2.70 bits per heavy atom. The fourth-order valence-electron chi connectivity index (χ4n) is 1.37. The zero-order chi connectivity index (χ0) is 14.8. The van der Waals surface area contributed by atoms with Crippen LogP contribution in [0.25, 0.3) is 0 Å². The molecule has 0 saturated carbocycles. The van der Waals surface area contributed by atoms with Gasteiger partial charge in [0.15, 0.2) is 0 Å². The van der Waals surface area contributed by atoms with Gasteiger partial charge in [0.2, 0.25) is 0 Å². The highest BCUT2D eigenvalue weighted by Gasteiger charge is 2.03. The number of rotatable bonds is 8. The third-order valence-corrected chi connectivity index (χ3v) is 3.10. The number of hydrogen-bond acceptors (Lipinski definition) is 3. The Kier molecular flexibility index (Phi) is 8.37. The molecule has 2 N–H and O–H groups in total. The third kappa shape index (κ3) is 6.96. The number of nitrogens with one attached hydrogen (secondary N) is 2. The van der Waals surface area contributed by atoms with Gasteiger partial charge < -0.3 is 20.1 Å². The van der Waals surface area contributed by atoms with Crippen molar-refractivity contribution in [3.8, 4) is 0 Å². The first-order valence-corrected chi connectivity index (χ1v) is 6.95. The lowest BCUT2D eigenvalue weighted by Gasteiger charge is -2.08. The summed E-state index contributed by atoms with van der Waals surface area (Å²) in [6.07, 6.45) is 0.735. The van der Waals surface area contributed by atoms with Crippen LogP contribution in [0.15, 0.2) is 18.2 Å². The average Bonchev–Trinajstić information content (AvgIpc) is 2.42. The normalized spacial score (nSPS) is 10.3. The molecule has 1 rings (SSSR count). The molecular weight excluding hydrogens is 303 g/mol. The monoisotopic (exact) mass is 320 g/mol. The lowest BCUT2D eigenvalue weighted by molar-refractivity contribution is 0.0697. The van der Waals surface area contributed by atoms with Crippen LogP contribution in [0.4, 0.5) is 10.5 Å². The number of ether oxygens (including phenoxy) is 2. The second kappa shape index (κ2) is 9.83. The van der Waals surface area contributed by atoms with E-state index in [1.165, 1.54) is 0 Å². The van der Waals surface area contributed by atoms with Crippen molar-refractivity contribution in [2.24, 2.45) is 0 Å². The molecule has 0 saturated heterocycles. The molecule has 0 fully saturated rings. The summed E-state index contributed by atoms with van der Waals surface area (Å²) in [6, 6.07) is 4.61.